The van der Waals surface area contributed by atoms with E-state index >= 15 is 0 Å². The van der Waals surface area contributed by atoms with Crippen LogP contribution in [0.4, 0.5) is 0 Å². The number of amides is 1. The Balaban J connectivity index is 2.01. The quantitative estimate of drug-likeness (QED) is 0.856. The van der Waals surface area contributed by atoms with Gasteiger partial charge >= 0.3 is 0 Å². The molecule has 1 aliphatic rings. The lowest BCUT2D eigenvalue weighted by Crippen LogP contribution is -2.49. The van der Waals surface area contributed by atoms with Crippen molar-refractivity contribution < 1.29 is 9.53 Å². The van der Waals surface area contributed by atoms with Crippen LogP contribution in [-0.4, -0.2) is 46.1 Å². The molecule has 5 nitrogen and oxygen atoms in total. The summed E-state index contributed by atoms with van der Waals surface area (Å²) >= 11 is 0. The Bertz CT molecular complexity index is 523. The maximum absolute atomic E-state index is 13.0. The van der Waals surface area contributed by atoms with Crippen LogP contribution in [0.25, 0.3) is 0 Å². The van der Waals surface area contributed by atoms with Crippen molar-refractivity contribution in [1.29, 1.82) is 0 Å². The van der Waals surface area contributed by atoms with E-state index < -0.39 is 5.41 Å². The predicted octanol–water partition coefficient (Wildman–Crippen LogP) is 2.81. The molecule has 2 rings (SSSR count). The highest BCUT2D eigenvalue weighted by molar-refractivity contribution is 5.86. The Hall–Kier alpha value is -1.49. The maximum atomic E-state index is 13.0. The molecule has 1 fully saturated rings. The number of aromatic nitrogens is 2. The van der Waals surface area contributed by atoms with Crippen molar-refractivity contribution in [2.45, 2.75) is 58.5 Å². The Morgan fingerprint density at radius 3 is 2.65 bits per heavy atom. The first-order valence-corrected chi connectivity index (χ1v) is 8.40. The maximum Gasteiger partial charge on any atom is 0.234 e. The first-order chi connectivity index (χ1) is 10.7. The van der Waals surface area contributed by atoms with Gasteiger partial charge in [0.25, 0.3) is 0 Å². The second-order valence-electron chi connectivity index (χ2n) is 7.90. The summed E-state index contributed by atoms with van der Waals surface area (Å²) in [5.41, 5.74) is -0.0651. The summed E-state index contributed by atoms with van der Waals surface area (Å²) < 4.78 is 5.91. The zero-order valence-corrected chi connectivity index (χ0v) is 15.0. The number of hydrogen-bond donors (Lipinski definition) is 0. The molecule has 128 valence electrons. The predicted molar refractivity (Wildman–Crippen MR) is 90.1 cm³/mol. The highest BCUT2D eigenvalue weighted by atomic mass is 16.5. The van der Waals surface area contributed by atoms with Crippen molar-refractivity contribution in [3.05, 3.63) is 24.3 Å². The highest BCUT2D eigenvalue weighted by Gasteiger charge is 2.37. The number of carbonyl (C=O) groups excluding carboxylic acids is 1. The second kappa shape index (κ2) is 6.95. The lowest BCUT2D eigenvalue weighted by molar-refractivity contribution is -0.139. The van der Waals surface area contributed by atoms with E-state index in [0.717, 1.165) is 31.6 Å². The fourth-order valence-corrected chi connectivity index (χ4v) is 2.88. The third-order valence-corrected chi connectivity index (χ3v) is 4.30. The van der Waals surface area contributed by atoms with Gasteiger partial charge in [0.15, 0.2) is 0 Å². The number of ether oxygens (including phenoxy) is 1. The SMILES string of the molecule is CC(C)(C)OCC1CCCN(C(=O)C(C)(C)c2cnccn2)C1. The van der Waals surface area contributed by atoms with Crippen molar-refractivity contribution in [2.24, 2.45) is 5.92 Å². The van der Waals surface area contributed by atoms with Crippen LogP contribution in [0.15, 0.2) is 18.6 Å². The minimum atomic E-state index is -0.652. The zero-order chi connectivity index (χ0) is 17.1. The van der Waals surface area contributed by atoms with Gasteiger partial charge in [0.1, 0.15) is 0 Å². The van der Waals surface area contributed by atoms with Gasteiger partial charge in [0.2, 0.25) is 5.91 Å². The largest absolute Gasteiger partial charge is 0.376 e. The number of hydrogen-bond acceptors (Lipinski definition) is 4. The molecule has 0 aromatic carbocycles. The molecule has 0 spiro atoms. The van der Waals surface area contributed by atoms with Crippen molar-refractivity contribution in [3.63, 3.8) is 0 Å². The van der Waals surface area contributed by atoms with Crippen LogP contribution < -0.4 is 0 Å². The van der Waals surface area contributed by atoms with E-state index in [2.05, 4.69) is 30.7 Å². The average molecular weight is 319 g/mol. The minimum Gasteiger partial charge on any atom is -0.376 e. The van der Waals surface area contributed by atoms with E-state index in [0.29, 0.717) is 12.5 Å². The van der Waals surface area contributed by atoms with Gasteiger partial charge in [-0.3, -0.25) is 14.8 Å². The second-order valence-corrected chi connectivity index (χ2v) is 7.90. The number of rotatable bonds is 4. The monoisotopic (exact) mass is 319 g/mol. The molecule has 2 heterocycles. The van der Waals surface area contributed by atoms with E-state index in [-0.39, 0.29) is 11.5 Å². The summed E-state index contributed by atoms with van der Waals surface area (Å²) in [5.74, 6) is 0.531. The molecule has 1 aromatic heterocycles. The van der Waals surface area contributed by atoms with Crippen LogP contribution in [0, 0.1) is 5.92 Å². The molecule has 0 saturated carbocycles. The van der Waals surface area contributed by atoms with Crippen molar-refractivity contribution in [1.82, 2.24) is 14.9 Å². The van der Waals surface area contributed by atoms with E-state index in [1.54, 1.807) is 18.6 Å². The third kappa shape index (κ3) is 4.74. The molecule has 0 radical (unpaired) electrons. The van der Waals surface area contributed by atoms with Gasteiger partial charge in [-0.15, -0.1) is 0 Å². The van der Waals surface area contributed by atoms with Crippen LogP contribution in [0.5, 0.6) is 0 Å². The summed E-state index contributed by atoms with van der Waals surface area (Å²) in [5, 5.41) is 0. The van der Waals surface area contributed by atoms with Crippen LogP contribution in [0.3, 0.4) is 0 Å². The molecule has 1 aliphatic heterocycles. The van der Waals surface area contributed by atoms with Crippen molar-refractivity contribution in [2.75, 3.05) is 19.7 Å². The molecule has 1 aromatic rings. The smallest absolute Gasteiger partial charge is 0.234 e. The Kier molecular flexibility index (Phi) is 5.40. The minimum absolute atomic E-state index is 0.124. The molecule has 0 bridgehead atoms. The van der Waals surface area contributed by atoms with E-state index in [1.165, 1.54) is 0 Å². The first-order valence-electron chi connectivity index (χ1n) is 8.40. The van der Waals surface area contributed by atoms with Gasteiger partial charge in [0.05, 0.1) is 23.3 Å². The van der Waals surface area contributed by atoms with Gasteiger partial charge in [0, 0.05) is 31.7 Å². The van der Waals surface area contributed by atoms with Gasteiger partial charge in [-0.2, -0.15) is 0 Å². The summed E-state index contributed by atoms with van der Waals surface area (Å²) in [6, 6.07) is 0. The van der Waals surface area contributed by atoms with Gasteiger partial charge in [-0.05, 0) is 53.4 Å². The Morgan fingerprint density at radius 2 is 2.04 bits per heavy atom. The Labute approximate surface area is 139 Å². The number of piperidine rings is 1. The third-order valence-electron chi connectivity index (χ3n) is 4.30. The van der Waals surface area contributed by atoms with Crippen LogP contribution in [0.2, 0.25) is 0 Å². The van der Waals surface area contributed by atoms with Crippen LogP contribution >= 0.6 is 0 Å². The molecule has 1 saturated heterocycles. The van der Waals surface area contributed by atoms with Crippen LogP contribution in [-0.2, 0) is 14.9 Å². The summed E-state index contributed by atoms with van der Waals surface area (Å²) in [7, 11) is 0. The normalized spacial score (nSPS) is 19.7. The average Bonchev–Trinajstić information content (AvgIpc) is 2.52. The molecule has 1 atom stereocenters. The standard InChI is InChI=1S/C18H29N3O2/c1-17(2,3)23-13-14-7-6-10-21(12-14)16(22)18(4,5)15-11-19-8-9-20-15/h8-9,11,14H,6-7,10,12-13H2,1-5H3. The number of likely N-dealkylation sites (tertiary alicyclic amines) is 1. The molecule has 0 aliphatic carbocycles. The molecule has 1 amide bonds. The van der Waals surface area contributed by atoms with Gasteiger partial charge in [-0.25, -0.2) is 0 Å². The topological polar surface area (TPSA) is 55.3 Å². The summed E-state index contributed by atoms with van der Waals surface area (Å²) in [6.07, 6.45) is 7.10. The summed E-state index contributed by atoms with van der Waals surface area (Å²) in [4.78, 5) is 23.4. The van der Waals surface area contributed by atoms with E-state index in [1.807, 2.05) is 18.7 Å². The van der Waals surface area contributed by atoms with E-state index in [4.69, 9.17) is 4.74 Å². The molecular formula is C18H29N3O2. The first kappa shape index (κ1) is 17.9. The van der Waals surface area contributed by atoms with Crippen molar-refractivity contribution in [3.8, 4) is 0 Å². The van der Waals surface area contributed by atoms with Crippen LogP contribution in [0.1, 0.15) is 53.2 Å². The van der Waals surface area contributed by atoms with Gasteiger partial charge < -0.3 is 9.64 Å². The molecule has 23 heavy (non-hydrogen) atoms. The number of nitrogens with zero attached hydrogens (tertiary/aromatic N) is 3. The summed E-state index contributed by atoms with van der Waals surface area (Å²) in [6.45, 7) is 12.3. The fraction of sp³-hybridized carbons (Fsp3) is 0.722. The van der Waals surface area contributed by atoms with Crippen molar-refractivity contribution >= 4 is 5.91 Å². The lowest BCUT2D eigenvalue weighted by Gasteiger charge is -2.38. The molecular weight excluding hydrogens is 290 g/mol. The van der Waals surface area contributed by atoms with Gasteiger partial charge in [-0.1, -0.05) is 0 Å². The molecule has 1 unspecified atom stereocenters. The lowest BCUT2D eigenvalue weighted by atomic mass is 9.86. The zero-order valence-electron chi connectivity index (χ0n) is 15.0. The molecule has 0 N–H and O–H groups in total. The Morgan fingerprint density at radius 1 is 1.30 bits per heavy atom. The molecule has 5 heteroatoms. The highest BCUT2D eigenvalue weighted by Crippen LogP contribution is 2.27. The number of carbonyl (C=O) groups is 1. The van der Waals surface area contributed by atoms with E-state index in [9.17, 15) is 4.79 Å². The fourth-order valence-electron chi connectivity index (χ4n) is 2.88.